The van der Waals surface area contributed by atoms with Gasteiger partial charge in [0, 0.05) is 6.42 Å². The van der Waals surface area contributed by atoms with Crippen molar-refractivity contribution in [2.45, 2.75) is 70.3 Å². The van der Waals surface area contributed by atoms with Crippen LogP contribution in [-0.4, -0.2) is 17.9 Å². The van der Waals surface area contributed by atoms with E-state index in [1.807, 2.05) is 0 Å². The van der Waals surface area contributed by atoms with Gasteiger partial charge in [0.15, 0.2) is 11.4 Å². The zero-order valence-corrected chi connectivity index (χ0v) is 10.6. The number of hydrogen-bond acceptors (Lipinski definition) is 4. The van der Waals surface area contributed by atoms with Gasteiger partial charge < -0.3 is 4.89 Å². The standard InChI is InChI=1S/C13H22O4/c1-2-3-5-8-12(15)13(17-16-11-14)9-6-4-7-10-13/h11H,2-10H2,1H3. The second kappa shape index (κ2) is 7.43. The van der Waals surface area contributed by atoms with Gasteiger partial charge in [0.05, 0.1) is 0 Å². The number of ketones is 1. The highest BCUT2D eigenvalue weighted by atomic mass is 17.2. The summed E-state index contributed by atoms with van der Waals surface area (Å²) in [6.07, 6.45) is 7.94. The summed E-state index contributed by atoms with van der Waals surface area (Å²) in [5.74, 6) is 0.0903. The Bertz CT molecular complexity index is 244. The Hall–Kier alpha value is -0.900. The van der Waals surface area contributed by atoms with Crippen molar-refractivity contribution in [3.8, 4) is 0 Å². The topological polar surface area (TPSA) is 52.6 Å². The monoisotopic (exact) mass is 242 g/mol. The molecular weight excluding hydrogens is 220 g/mol. The maximum absolute atomic E-state index is 12.2. The van der Waals surface area contributed by atoms with Crippen molar-refractivity contribution in [1.82, 2.24) is 0 Å². The van der Waals surface area contributed by atoms with E-state index in [4.69, 9.17) is 4.89 Å². The fourth-order valence-corrected chi connectivity index (χ4v) is 2.41. The van der Waals surface area contributed by atoms with Crippen molar-refractivity contribution in [2.24, 2.45) is 0 Å². The van der Waals surface area contributed by atoms with Gasteiger partial charge >= 0.3 is 6.47 Å². The molecule has 17 heavy (non-hydrogen) atoms. The highest BCUT2D eigenvalue weighted by Crippen LogP contribution is 2.34. The second-order valence-electron chi connectivity index (χ2n) is 4.71. The molecule has 0 unspecified atom stereocenters. The van der Waals surface area contributed by atoms with Gasteiger partial charge in [-0.05, 0) is 32.1 Å². The third kappa shape index (κ3) is 4.11. The average molecular weight is 242 g/mol. The predicted octanol–water partition coefficient (Wildman–Crippen LogP) is 2.94. The SMILES string of the molecule is CCCCCC(=O)C1(OOC=O)CCCCC1. The summed E-state index contributed by atoms with van der Waals surface area (Å²) in [6.45, 7) is 2.35. The summed E-state index contributed by atoms with van der Waals surface area (Å²) in [5, 5.41) is 0. The Morgan fingerprint density at radius 1 is 1.24 bits per heavy atom. The first kappa shape index (κ1) is 14.2. The summed E-state index contributed by atoms with van der Waals surface area (Å²) in [6, 6.07) is 0. The first-order chi connectivity index (χ1) is 8.25. The quantitative estimate of drug-likeness (QED) is 0.284. The van der Waals surface area contributed by atoms with Gasteiger partial charge in [-0.2, -0.15) is 4.89 Å². The van der Waals surface area contributed by atoms with E-state index in [1.54, 1.807) is 0 Å². The molecule has 1 fully saturated rings. The molecule has 98 valence electrons. The Balaban J connectivity index is 2.54. The number of hydrogen-bond donors (Lipinski definition) is 0. The molecule has 1 saturated carbocycles. The first-order valence-corrected chi connectivity index (χ1v) is 6.56. The number of rotatable bonds is 8. The lowest BCUT2D eigenvalue weighted by Crippen LogP contribution is -2.43. The van der Waals surface area contributed by atoms with Gasteiger partial charge in [0.2, 0.25) is 0 Å². The predicted molar refractivity (Wildman–Crippen MR) is 63.2 cm³/mol. The van der Waals surface area contributed by atoms with Gasteiger partial charge in [0.25, 0.3) is 0 Å². The lowest BCUT2D eigenvalue weighted by Gasteiger charge is -2.33. The molecule has 1 rings (SSSR count). The molecule has 0 aromatic carbocycles. The van der Waals surface area contributed by atoms with Crippen LogP contribution in [0.15, 0.2) is 0 Å². The fourth-order valence-electron chi connectivity index (χ4n) is 2.41. The molecule has 0 spiro atoms. The van der Waals surface area contributed by atoms with Crippen molar-refractivity contribution in [3.05, 3.63) is 0 Å². The molecule has 0 atom stereocenters. The van der Waals surface area contributed by atoms with Crippen molar-refractivity contribution in [2.75, 3.05) is 0 Å². The maximum Gasteiger partial charge on any atom is 0.330 e. The van der Waals surface area contributed by atoms with Gasteiger partial charge in [-0.1, -0.05) is 26.2 Å². The highest BCUT2D eigenvalue weighted by Gasteiger charge is 2.41. The zero-order chi connectivity index (χ0) is 12.6. The average Bonchev–Trinajstić information content (AvgIpc) is 2.37. The summed E-state index contributed by atoms with van der Waals surface area (Å²) in [4.78, 5) is 31.9. The third-order valence-corrected chi connectivity index (χ3v) is 3.42. The van der Waals surface area contributed by atoms with Crippen LogP contribution in [0.1, 0.15) is 64.7 Å². The Labute approximate surface area is 103 Å². The third-order valence-electron chi connectivity index (χ3n) is 3.42. The molecule has 0 N–H and O–H groups in total. The smallest absolute Gasteiger partial charge is 0.301 e. The second-order valence-corrected chi connectivity index (χ2v) is 4.71. The zero-order valence-electron chi connectivity index (χ0n) is 10.6. The van der Waals surface area contributed by atoms with E-state index >= 15 is 0 Å². The molecule has 0 amide bonds. The molecule has 4 nitrogen and oxygen atoms in total. The van der Waals surface area contributed by atoms with E-state index in [1.165, 1.54) is 0 Å². The van der Waals surface area contributed by atoms with Gasteiger partial charge in [-0.15, -0.1) is 0 Å². The molecule has 4 heteroatoms. The van der Waals surface area contributed by atoms with Crippen LogP contribution in [0.5, 0.6) is 0 Å². The molecule has 0 radical (unpaired) electrons. The Kier molecular flexibility index (Phi) is 6.19. The largest absolute Gasteiger partial charge is 0.330 e. The molecule has 0 aromatic rings. The molecule has 0 heterocycles. The lowest BCUT2D eigenvalue weighted by atomic mass is 9.80. The van der Waals surface area contributed by atoms with Crippen LogP contribution in [0.25, 0.3) is 0 Å². The van der Waals surface area contributed by atoms with Gasteiger partial charge in [-0.3, -0.25) is 9.59 Å². The molecule has 0 bridgehead atoms. The summed E-state index contributed by atoms with van der Waals surface area (Å²) < 4.78 is 0. The Morgan fingerprint density at radius 3 is 2.53 bits per heavy atom. The van der Waals surface area contributed by atoms with E-state index in [2.05, 4.69) is 11.8 Å². The lowest BCUT2D eigenvalue weighted by molar-refractivity contribution is -0.319. The molecular formula is C13H22O4. The minimum Gasteiger partial charge on any atom is -0.301 e. The molecule has 0 aromatic heterocycles. The van der Waals surface area contributed by atoms with Crippen molar-refractivity contribution in [3.63, 3.8) is 0 Å². The van der Waals surface area contributed by atoms with Crippen LogP contribution in [0.3, 0.4) is 0 Å². The number of carbonyl (C=O) groups excluding carboxylic acids is 2. The fraction of sp³-hybridized carbons (Fsp3) is 0.846. The van der Waals surface area contributed by atoms with Crippen LogP contribution >= 0.6 is 0 Å². The van der Waals surface area contributed by atoms with Gasteiger partial charge in [-0.25, -0.2) is 0 Å². The van der Waals surface area contributed by atoms with Crippen LogP contribution in [-0.2, 0) is 19.4 Å². The summed E-state index contributed by atoms with van der Waals surface area (Å²) >= 11 is 0. The number of Topliss-reactive ketones (excluding diaryl/α,β-unsaturated/α-hetero) is 1. The van der Waals surface area contributed by atoms with E-state index in [-0.39, 0.29) is 12.3 Å². The Morgan fingerprint density at radius 2 is 1.94 bits per heavy atom. The first-order valence-electron chi connectivity index (χ1n) is 6.56. The molecule has 1 aliphatic carbocycles. The minimum atomic E-state index is -0.854. The highest BCUT2D eigenvalue weighted by molar-refractivity contribution is 5.87. The van der Waals surface area contributed by atoms with Crippen LogP contribution in [0.4, 0.5) is 0 Å². The van der Waals surface area contributed by atoms with Crippen molar-refractivity contribution >= 4 is 12.3 Å². The van der Waals surface area contributed by atoms with E-state index in [9.17, 15) is 9.59 Å². The van der Waals surface area contributed by atoms with Crippen molar-refractivity contribution < 1.29 is 19.4 Å². The normalized spacial score (nSPS) is 18.6. The maximum atomic E-state index is 12.2. The number of unbranched alkanes of at least 4 members (excludes halogenated alkanes) is 2. The van der Waals surface area contributed by atoms with Gasteiger partial charge in [0.1, 0.15) is 0 Å². The van der Waals surface area contributed by atoms with E-state index in [0.717, 1.165) is 38.5 Å². The summed E-state index contributed by atoms with van der Waals surface area (Å²) in [7, 11) is 0. The van der Waals surface area contributed by atoms with Crippen LogP contribution < -0.4 is 0 Å². The van der Waals surface area contributed by atoms with Crippen LogP contribution in [0, 0.1) is 0 Å². The van der Waals surface area contributed by atoms with Crippen molar-refractivity contribution in [1.29, 1.82) is 0 Å². The van der Waals surface area contributed by atoms with Crippen LogP contribution in [0.2, 0.25) is 0 Å². The number of carbonyl (C=O) groups is 2. The minimum absolute atomic E-state index is 0.0903. The molecule has 1 aliphatic rings. The molecule has 0 aliphatic heterocycles. The molecule has 0 saturated heterocycles. The summed E-state index contributed by atoms with van der Waals surface area (Å²) in [5.41, 5.74) is -0.854. The van der Waals surface area contributed by atoms with E-state index < -0.39 is 5.60 Å². The van der Waals surface area contributed by atoms with E-state index in [0.29, 0.717) is 19.3 Å².